The SMILES string of the molecule is CCc1ccc(C(=O)NCc2cc(-c3ccccn3)n(C)n2)cc1. The normalized spacial score (nSPS) is 10.6. The highest BCUT2D eigenvalue weighted by Crippen LogP contribution is 2.16. The number of hydrogen-bond donors (Lipinski definition) is 1. The molecule has 122 valence electrons. The molecule has 0 bridgehead atoms. The van der Waals surface area contributed by atoms with Crippen LogP contribution in [0.3, 0.4) is 0 Å². The molecule has 1 amide bonds. The van der Waals surface area contributed by atoms with Crippen LogP contribution in [0.2, 0.25) is 0 Å². The zero-order valence-corrected chi connectivity index (χ0v) is 13.9. The molecule has 0 aliphatic rings. The van der Waals surface area contributed by atoms with Crippen LogP contribution in [0, 0.1) is 0 Å². The Morgan fingerprint density at radius 2 is 1.96 bits per heavy atom. The highest BCUT2D eigenvalue weighted by atomic mass is 16.1. The van der Waals surface area contributed by atoms with E-state index in [1.807, 2.05) is 55.6 Å². The van der Waals surface area contributed by atoms with Crippen LogP contribution in [-0.2, 0) is 20.0 Å². The summed E-state index contributed by atoms with van der Waals surface area (Å²) in [6, 6.07) is 15.4. The number of pyridine rings is 1. The van der Waals surface area contributed by atoms with Gasteiger partial charge < -0.3 is 5.32 Å². The molecule has 0 spiro atoms. The summed E-state index contributed by atoms with van der Waals surface area (Å²) in [5, 5.41) is 7.35. The van der Waals surface area contributed by atoms with Gasteiger partial charge in [0.05, 0.1) is 23.6 Å². The molecule has 0 saturated carbocycles. The summed E-state index contributed by atoms with van der Waals surface area (Å²) in [6.45, 7) is 2.48. The van der Waals surface area contributed by atoms with Crippen molar-refractivity contribution in [3.05, 3.63) is 71.5 Å². The van der Waals surface area contributed by atoms with E-state index in [1.54, 1.807) is 10.9 Å². The number of carbonyl (C=O) groups excluding carboxylic acids is 1. The lowest BCUT2D eigenvalue weighted by atomic mass is 10.1. The number of hydrogen-bond acceptors (Lipinski definition) is 3. The smallest absolute Gasteiger partial charge is 0.251 e. The third kappa shape index (κ3) is 3.51. The summed E-state index contributed by atoms with van der Waals surface area (Å²) in [5.41, 5.74) is 4.47. The summed E-state index contributed by atoms with van der Waals surface area (Å²) >= 11 is 0. The van der Waals surface area contributed by atoms with E-state index in [1.165, 1.54) is 5.56 Å². The van der Waals surface area contributed by atoms with E-state index in [-0.39, 0.29) is 5.91 Å². The molecule has 2 heterocycles. The van der Waals surface area contributed by atoms with Gasteiger partial charge >= 0.3 is 0 Å². The van der Waals surface area contributed by atoms with Gasteiger partial charge in [0.15, 0.2) is 0 Å². The van der Waals surface area contributed by atoms with Crippen LogP contribution < -0.4 is 5.32 Å². The predicted molar refractivity (Wildman–Crippen MR) is 93.4 cm³/mol. The fourth-order valence-corrected chi connectivity index (χ4v) is 2.53. The van der Waals surface area contributed by atoms with Crippen molar-refractivity contribution in [2.45, 2.75) is 19.9 Å². The molecule has 24 heavy (non-hydrogen) atoms. The third-order valence-electron chi connectivity index (χ3n) is 3.91. The van der Waals surface area contributed by atoms with Crippen LogP contribution >= 0.6 is 0 Å². The minimum absolute atomic E-state index is 0.0947. The summed E-state index contributed by atoms with van der Waals surface area (Å²) in [7, 11) is 1.87. The molecule has 5 nitrogen and oxygen atoms in total. The zero-order valence-electron chi connectivity index (χ0n) is 13.9. The van der Waals surface area contributed by atoms with Crippen LogP contribution in [-0.4, -0.2) is 20.7 Å². The second-order valence-electron chi connectivity index (χ2n) is 5.59. The molecule has 0 unspecified atom stereocenters. The molecule has 1 aromatic carbocycles. The maximum absolute atomic E-state index is 12.2. The number of aromatic nitrogens is 3. The monoisotopic (exact) mass is 320 g/mol. The lowest BCUT2D eigenvalue weighted by Gasteiger charge is -2.04. The van der Waals surface area contributed by atoms with Gasteiger partial charge in [-0.15, -0.1) is 0 Å². The van der Waals surface area contributed by atoms with E-state index in [2.05, 4.69) is 22.3 Å². The quantitative estimate of drug-likeness (QED) is 0.786. The fourth-order valence-electron chi connectivity index (χ4n) is 2.53. The average Bonchev–Trinajstić information content (AvgIpc) is 3.01. The van der Waals surface area contributed by atoms with Crippen LogP contribution in [0.25, 0.3) is 11.4 Å². The second-order valence-corrected chi connectivity index (χ2v) is 5.59. The summed E-state index contributed by atoms with van der Waals surface area (Å²) in [5.74, 6) is -0.0947. The molecular weight excluding hydrogens is 300 g/mol. The molecule has 0 fully saturated rings. The van der Waals surface area contributed by atoms with Crippen LogP contribution in [0.15, 0.2) is 54.7 Å². The van der Waals surface area contributed by atoms with Gasteiger partial charge in [-0.1, -0.05) is 25.1 Å². The van der Waals surface area contributed by atoms with Gasteiger partial charge in [-0.2, -0.15) is 5.10 Å². The molecule has 0 aliphatic carbocycles. The molecule has 1 N–H and O–H groups in total. The fraction of sp³-hybridized carbons (Fsp3) is 0.211. The van der Waals surface area contributed by atoms with E-state index in [0.717, 1.165) is 23.5 Å². The van der Waals surface area contributed by atoms with Crippen LogP contribution in [0.4, 0.5) is 0 Å². The first-order valence-corrected chi connectivity index (χ1v) is 7.99. The highest BCUT2D eigenvalue weighted by molar-refractivity contribution is 5.94. The molecule has 2 aromatic heterocycles. The van der Waals surface area contributed by atoms with Crippen molar-refractivity contribution < 1.29 is 4.79 Å². The van der Waals surface area contributed by atoms with Crippen molar-refractivity contribution in [2.75, 3.05) is 0 Å². The Hall–Kier alpha value is -2.95. The van der Waals surface area contributed by atoms with Gasteiger partial charge in [0, 0.05) is 18.8 Å². The number of aryl methyl sites for hydroxylation is 2. The Balaban J connectivity index is 1.67. The van der Waals surface area contributed by atoms with Crippen molar-refractivity contribution >= 4 is 5.91 Å². The maximum atomic E-state index is 12.2. The van der Waals surface area contributed by atoms with Gasteiger partial charge in [0.25, 0.3) is 5.91 Å². The highest BCUT2D eigenvalue weighted by Gasteiger charge is 2.10. The Morgan fingerprint density at radius 1 is 1.17 bits per heavy atom. The Bertz CT molecular complexity index is 822. The molecular formula is C19H20N4O. The van der Waals surface area contributed by atoms with Crippen molar-refractivity contribution in [3.8, 4) is 11.4 Å². The number of benzene rings is 1. The van der Waals surface area contributed by atoms with E-state index in [0.29, 0.717) is 12.1 Å². The largest absolute Gasteiger partial charge is 0.346 e. The number of rotatable bonds is 5. The van der Waals surface area contributed by atoms with Crippen molar-refractivity contribution in [1.82, 2.24) is 20.1 Å². The second kappa shape index (κ2) is 7.08. The first-order valence-electron chi connectivity index (χ1n) is 7.99. The number of nitrogens with zero attached hydrogens (tertiary/aromatic N) is 3. The van der Waals surface area contributed by atoms with Gasteiger partial charge in [-0.3, -0.25) is 14.5 Å². The molecule has 0 radical (unpaired) electrons. The Labute approximate surface area is 141 Å². The molecule has 0 aliphatic heterocycles. The summed E-state index contributed by atoms with van der Waals surface area (Å²) < 4.78 is 1.78. The standard InChI is InChI=1S/C19H20N4O/c1-3-14-7-9-15(10-8-14)19(24)21-13-16-12-18(23(2)22-16)17-6-4-5-11-20-17/h4-12H,3,13H2,1-2H3,(H,21,24). The van der Waals surface area contributed by atoms with Crippen LogP contribution in [0.5, 0.6) is 0 Å². The maximum Gasteiger partial charge on any atom is 0.251 e. The first-order chi connectivity index (χ1) is 11.7. The third-order valence-corrected chi connectivity index (χ3v) is 3.91. The van der Waals surface area contributed by atoms with Gasteiger partial charge in [0.2, 0.25) is 0 Å². The van der Waals surface area contributed by atoms with E-state index in [9.17, 15) is 4.79 Å². The molecule has 3 aromatic rings. The lowest BCUT2D eigenvalue weighted by Crippen LogP contribution is -2.23. The molecule has 0 saturated heterocycles. The van der Waals surface area contributed by atoms with Gasteiger partial charge in [-0.25, -0.2) is 0 Å². The number of carbonyl (C=O) groups is 1. The molecule has 0 atom stereocenters. The Morgan fingerprint density at radius 3 is 2.62 bits per heavy atom. The topological polar surface area (TPSA) is 59.8 Å². The van der Waals surface area contributed by atoms with Crippen molar-refractivity contribution in [2.24, 2.45) is 7.05 Å². The van der Waals surface area contributed by atoms with E-state index < -0.39 is 0 Å². The molecule has 3 rings (SSSR count). The van der Waals surface area contributed by atoms with Gasteiger partial charge in [0.1, 0.15) is 0 Å². The summed E-state index contributed by atoms with van der Waals surface area (Å²) in [6.07, 6.45) is 2.72. The van der Waals surface area contributed by atoms with Crippen LogP contribution in [0.1, 0.15) is 28.5 Å². The van der Waals surface area contributed by atoms with E-state index >= 15 is 0 Å². The number of amides is 1. The Kier molecular flexibility index (Phi) is 4.70. The van der Waals surface area contributed by atoms with E-state index in [4.69, 9.17) is 0 Å². The lowest BCUT2D eigenvalue weighted by molar-refractivity contribution is 0.0950. The summed E-state index contributed by atoms with van der Waals surface area (Å²) in [4.78, 5) is 16.6. The number of nitrogens with one attached hydrogen (secondary N) is 1. The van der Waals surface area contributed by atoms with Crippen molar-refractivity contribution in [1.29, 1.82) is 0 Å². The average molecular weight is 320 g/mol. The predicted octanol–water partition coefficient (Wildman–Crippen LogP) is 2.97. The zero-order chi connectivity index (χ0) is 16.9. The van der Waals surface area contributed by atoms with Crippen molar-refractivity contribution in [3.63, 3.8) is 0 Å². The first kappa shape index (κ1) is 15.9. The minimum atomic E-state index is -0.0947. The minimum Gasteiger partial charge on any atom is -0.346 e. The molecule has 5 heteroatoms. The van der Waals surface area contributed by atoms with Gasteiger partial charge in [-0.05, 0) is 42.3 Å².